The molecule has 0 aliphatic carbocycles. The number of hydrogen-bond acceptors (Lipinski definition) is 2. The quantitative estimate of drug-likeness (QED) is 0.538. The number of piperidine rings is 1. The zero-order valence-electron chi connectivity index (χ0n) is 6.62. The Morgan fingerprint density at radius 1 is 1.45 bits per heavy atom. The summed E-state index contributed by atoms with van der Waals surface area (Å²) in [6.07, 6.45) is 4.09. The standard InChI is InChI=1S/C8H14N2O/c9-6-5-8(11)10-4-2-1-3-7(6)10/h6-7H,1-5,9H2/t6-,7-/m1/s1. The Bertz CT molecular complexity index is 181. The zero-order chi connectivity index (χ0) is 7.84. The second-order valence-corrected chi connectivity index (χ2v) is 3.52. The fourth-order valence-corrected chi connectivity index (χ4v) is 2.17. The Morgan fingerprint density at radius 3 is 3.00 bits per heavy atom. The summed E-state index contributed by atoms with van der Waals surface area (Å²) in [5.41, 5.74) is 5.82. The zero-order valence-corrected chi connectivity index (χ0v) is 6.62. The minimum absolute atomic E-state index is 0.114. The average molecular weight is 154 g/mol. The van der Waals surface area contributed by atoms with Gasteiger partial charge in [0.1, 0.15) is 0 Å². The van der Waals surface area contributed by atoms with Crippen LogP contribution >= 0.6 is 0 Å². The Labute approximate surface area is 66.5 Å². The molecule has 0 bridgehead atoms. The van der Waals surface area contributed by atoms with E-state index in [1.165, 1.54) is 6.42 Å². The number of hydrogen-bond donors (Lipinski definition) is 1. The molecule has 2 N–H and O–H groups in total. The lowest BCUT2D eigenvalue weighted by Crippen LogP contribution is -2.43. The van der Waals surface area contributed by atoms with Crippen LogP contribution in [0.3, 0.4) is 0 Å². The van der Waals surface area contributed by atoms with Crippen LogP contribution in [-0.4, -0.2) is 29.4 Å². The van der Waals surface area contributed by atoms with E-state index >= 15 is 0 Å². The molecule has 3 heteroatoms. The molecular formula is C8H14N2O. The molecule has 0 spiro atoms. The van der Waals surface area contributed by atoms with Gasteiger partial charge in [-0.3, -0.25) is 4.79 Å². The van der Waals surface area contributed by atoms with E-state index in [0.29, 0.717) is 12.5 Å². The first-order chi connectivity index (χ1) is 5.29. The molecule has 0 aromatic rings. The fraction of sp³-hybridized carbons (Fsp3) is 0.875. The van der Waals surface area contributed by atoms with Crippen LogP contribution in [0, 0.1) is 0 Å². The van der Waals surface area contributed by atoms with Crippen LogP contribution < -0.4 is 5.73 Å². The van der Waals surface area contributed by atoms with Crippen LogP contribution in [0.15, 0.2) is 0 Å². The number of nitrogens with two attached hydrogens (primary N) is 1. The number of carbonyl (C=O) groups excluding carboxylic acids is 1. The first-order valence-electron chi connectivity index (χ1n) is 4.34. The summed E-state index contributed by atoms with van der Waals surface area (Å²) in [5.74, 6) is 0.266. The molecule has 2 rings (SSSR count). The van der Waals surface area contributed by atoms with E-state index in [1.54, 1.807) is 0 Å². The lowest BCUT2D eigenvalue weighted by molar-refractivity contribution is -0.129. The summed E-state index contributed by atoms with van der Waals surface area (Å²) in [4.78, 5) is 13.2. The maximum Gasteiger partial charge on any atom is 0.224 e. The van der Waals surface area contributed by atoms with Crippen LogP contribution in [0.5, 0.6) is 0 Å². The highest BCUT2D eigenvalue weighted by atomic mass is 16.2. The molecular weight excluding hydrogens is 140 g/mol. The highest BCUT2D eigenvalue weighted by Gasteiger charge is 2.38. The molecule has 3 nitrogen and oxygen atoms in total. The number of fused-ring (bicyclic) bond motifs is 1. The van der Waals surface area contributed by atoms with Crippen LogP contribution in [0.1, 0.15) is 25.7 Å². The predicted molar refractivity (Wildman–Crippen MR) is 41.9 cm³/mol. The van der Waals surface area contributed by atoms with Gasteiger partial charge in [0.25, 0.3) is 0 Å². The number of rotatable bonds is 0. The molecule has 0 aromatic heterocycles. The van der Waals surface area contributed by atoms with Crippen molar-refractivity contribution in [3.8, 4) is 0 Å². The van der Waals surface area contributed by atoms with Crippen molar-refractivity contribution < 1.29 is 4.79 Å². The first-order valence-corrected chi connectivity index (χ1v) is 4.34. The molecule has 2 fully saturated rings. The van der Waals surface area contributed by atoms with E-state index in [0.717, 1.165) is 19.4 Å². The predicted octanol–water partition coefficient (Wildman–Crippen LogP) is 0.0985. The van der Waals surface area contributed by atoms with Crippen molar-refractivity contribution in [1.82, 2.24) is 4.90 Å². The van der Waals surface area contributed by atoms with Crippen molar-refractivity contribution >= 4 is 5.91 Å². The largest absolute Gasteiger partial charge is 0.338 e. The van der Waals surface area contributed by atoms with Crippen LogP contribution in [-0.2, 0) is 4.79 Å². The molecule has 0 radical (unpaired) electrons. The van der Waals surface area contributed by atoms with Gasteiger partial charge in [0.15, 0.2) is 0 Å². The lowest BCUT2D eigenvalue weighted by Gasteiger charge is -2.31. The van der Waals surface area contributed by atoms with Gasteiger partial charge in [-0.15, -0.1) is 0 Å². The Hall–Kier alpha value is -0.570. The average Bonchev–Trinajstić information content (AvgIpc) is 2.30. The van der Waals surface area contributed by atoms with Gasteiger partial charge in [-0.05, 0) is 19.3 Å². The molecule has 62 valence electrons. The number of carbonyl (C=O) groups is 1. The normalized spacial score (nSPS) is 37.5. The Morgan fingerprint density at radius 2 is 2.27 bits per heavy atom. The summed E-state index contributed by atoms with van der Waals surface area (Å²) >= 11 is 0. The third kappa shape index (κ3) is 1.03. The highest BCUT2D eigenvalue weighted by molar-refractivity contribution is 5.80. The van der Waals surface area contributed by atoms with Crippen molar-refractivity contribution in [3.63, 3.8) is 0 Å². The van der Waals surface area contributed by atoms with Crippen LogP contribution in [0.25, 0.3) is 0 Å². The minimum atomic E-state index is 0.114. The summed E-state index contributed by atoms with van der Waals surface area (Å²) < 4.78 is 0. The van der Waals surface area contributed by atoms with E-state index in [1.807, 2.05) is 4.90 Å². The lowest BCUT2D eigenvalue weighted by atomic mass is 10.00. The van der Waals surface area contributed by atoms with Gasteiger partial charge < -0.3 is 10.6 Å². The van der Waals surface area contributed by atoms with Crippen LogP contribution in [0.4, 0.5) is 0 Å². The van der Waals surface area contributed by atoms with Gasteiger partial charge >= 0.3 is 0 Å². The summed E-state index contributed by atoms with van der Waals surface area (Å²) in [5, 5.41) is 0. The molecule has 2 saturated heterocycles. The third-order valence-corrected chi connectivity index (χ3v) is 2.77. The second kappa shape index (κ2) is 2.48. The smallest absolute Gasteiger partial charge is 0.224 e. The van der Waals surface area contributed by atoms with Crippen LogP contribution in [0.2, 0.25) is 0 Å². The van der Waals surface area contributed by atoms with Crippen molar-refractivity contribution in [2.45, 2.75) is 37.8 Å². The van der Waals surface area contributed by atoms with E-state index in [2.05, 4.69) is 0 Å². The van der Waals surface area contributed by atoms with Gasteiger partial charge in [0.05, 0.1) is 0 Å². The maximum atomic E-state index is 11.3. The Kier molecular flexibility index (Phi) is 1.60. The van der Waals surface area contributed by atoms with Crippen molar-refractivity contribution in [3.05, 3.63) is 0 Å². The van der Waals surface area contributed by atoms with Crippen molar-refractivity contribution in [2.24, 2.45) is 5.73 Å². The van der Waals surface area contributed by atoms with Gasteiger partial charge in [-0.2, -0.15) is 0 Å². The van der Waals surface area contributed by atoms with Gasteiger partial charge in [0, 0.05) is 25.0 Å². The summed E-state index contributed by atoms with van der Waals surface area (Å²) in [6, 6.07) is 0.485. The monoisotopic (exact) mass is 154 g/mol. The topological polar surface area (TPSA) is 46.3 Å². The molecule has 0 saturated carbocycles. The number of nitrogens with zero attached hydrogens (tertiary/aromatic N) is 1. The summed E-state index contributed by atoms with van der Waals surface area (Å²) in [6.45, 7) is 0.942. The SMILES string of the molecule is N[C@@H]1CC(=O)N2CCCC[C@H]12. The summed E-state index contributed by atoms with van der Waals surface area (Å²) in [7, 11) is 0. The molecule has 2 aliphatic rings. The first kappa shape index (κ1) is 7.10. The molecule has 2 heterocycles. The minimum Gasteiger partial charge on any atom is -0.338 e. The molecule has 2 aliphatic heterocycles. The molecule has 1 amide bonds. The number of amides is 1. The van der Waals surface area contributed by atoms with E-state index in [-0.39, 0.29) is 11.9 Å². The molecule has 11 heavy (non-hydrogen) atoms. The van der Waals surface area contributed by atoms with Crippen molar-refractivity contribution in [1.29, 1.82) is 0 Å². The maximum absolute atomic E-state index is 11.3. The Balaban J connectivity index is 2.13. The fourth-order valence-electron chi connectivity index (χ4n) is 2.17. The van der Waals surface area contributed by atoms with Crippen molar-refractivity contribution in [2.75, 3.05) is 6.54 Å². The van der Waals surface area contributed by atoms with Gasteiger partial charge in [-0.25, -0.2) is 0 Å². The third-order valence-electron chi connectivity index (χ3n) is 2.77. The van der Waals surface area contributed by atoms with Gasteiger partial charge in [0.2, 0.25) is 5.91 Å². The van der Waals surface area contributed by atoms with E-state index < -0.39 is 0 Å². The molecule has 2 atom stereocenters. The molecule has 0 unspecified atom stereocenters. The second-order valence-electron chi connectivity index (χ2n) is 3.52. The highest BCUT2D eigenvalue weighted by Crippen LogP contribution is 2.26. The van der Waals surface area contributed by atoms with E-state index in [4.69, 9.17) is 5.73 Å². The van der Waals surface area contributed by atoms with Gasteiger partial charge in [-0.1, -0.05) is 0 Å². The molecule has 0 aromatic carbocycles. The van der Waals surface area contributed by atoms with E-state index in [9.17, 15) is 4.79 Å².